The van der Waals surface area contributed by atoms with Gasteiger partial charge in [0.25, 0.3) is 0 Å². The third kappa shape index (κ3) is 74.3. The number of carbonyl (C=O) groups excluding carboxylic acids is 4. The number of carbonyl (C=O) groups is 4. The second-order valence-corrected chi connectivity index (χ2v) is 29.9. The minimum atomic E-state index is -4.98. The average molecular weight is 1480 g/mol. The van der Waals surface area contributed by atoms with Crippen molar-refractivity contribution in [3.05, 3.63) is 97.2 Å². The fraction of sp³-hybridized carbons (Fsp3) is 0.759. The van der Waals surface area contributed by atoms with Crippen molar-refractivity contribution >= 4 is 39.5 Å². The van der Waals surface area contributed by atoms with Gasteiger partial charge in [-0.1, -0.05) is 273 Å². The fourth-order valence-electron chi connectivity index (χ4n) is 10.7. The van der Waals surface area contributed by atoms with Crippen molar-refractivity contribution in [1.29, 1.82) is 0 Å². The van der Waals surface area contributed by atoms with E-state index < -0.39 is 97.5 Å². The van der Waals surface area contributed by atoms with Gasteiger partial charge in [-0.05, 0) is 148 Å². The summed E-state index contributed by atoms with van der Waals surface area (Å²) in [6.45, 7) is 4.75. The van der Waals surface area contributed by atoms with Gasteiger partial charge in [-0.15, -0.1) is 0 Å². The number of esters is 4. The minimum absolute atomic E-state index is 0.0772. The lowest BCUT2D eigenvalue weighted by Gasteiger charge is -2.21. The Morgan fingerprint density at radius 2 is 0.490 bits per heavy atom. The van der Waals surface area contributed by atoms with Crippen LogP contribution in [-0.2, 0) is 65.4 Å². The molecule has 0 aromatic heterocycles. The summed E-state index contributed by atoms with van der Waals surface area (Å²) in [5, 5.41) is 10.6. The Morgan fingerprint density at radius 3 is 0.794 bits per heavy atom. The van der Waals surface area contributed by atoms with E-state index in [2.05, 4.69) is 125 Å². The molecule has 0 fully saturated rings. The molecule has 19 heteroatoms. The molecule has 0 spiro atoms. The number of unbranched alkanes of at least 4 members (excludes halogenated alkanes) is 34. The molecular weight excluding hydrogens is 1330 g/mol. The van der Waals surface area contributed by atoms with Crippen molar-refractivity contribution in [2.24, 2.45) is 0 Å². The summed E-state index contributed by atoms with van der Waals surface area (Å²) in [5.41, 5.74) is 0. The lowest BCUT2D eigenvalue weighted by molar-refractivity contribution is -0.161. The molecule has 0 aliphatic carbocycles. The van der Waals surface area contributed by atoms with E-state index in [9.17, 15) is 43.2 Å². The Balaban J connectivity index is 5.35. The maximum Gasteiger partial charge on any atom is 0.472 e. The van der Waals surface area contributed by atoms with Gasteiger partial charge in [0.15, 0.2) is 12.2 Å². The molecule has 5 unspecified atom stereocenters. The third-order valence-corrected chi connectivity index (χ3v) is 18.9. The molecule has 0 aromatic rings. The first-order chi connectivity index (χ1) is 49.7. The molecule has 0 saturated carbocycles. The predicted molar refractivity (Wildman–Crippen MR) is 418 cm³/mol. The summed E-state index contributed by atoms with van der Waals surface area (Å²) >= 11 is 0. The second-order valence-electron chi connectivity index (χ2n) is 27.0. The maximum atomic E-state index is 13.1. The highest BCUT2D eigenvalue weighted by atomic mass is 31.2. The highest BCUT2D eigenvalue weighted by molar-refractivity contribution is 7.47. The summed E-state index contributed by atoms with van der Waals surface area (Å²) in [7, 11) is -9.96. The van der Waals surface area contributed by atoms with Crippen LogP contribution in [-0.4, -0.2) is 96.7 Å². The van der Waals surface area contributed by atoms with Crippen molar-refractivity contribution in [3.8, 4) is 0 Å². The number of phosphoric ester groups is 2. The van der Waals surface area contributed by atoms with Crippen LogP contribution in [0.2, 0.25) is 0 Å². The number of allylic oxidation sites excluding steroid dienone is 16. The Labute approximate surface area is 620 Å². The molecule has 102 heavy (non-hydrogen) atoms. The normalized spacial score (nSPS) is 14.4. The van der Waals surface area contributed by atoms with Gasteiger partial charge >= 0.3 is 39.5 Å². The Kier molecular flexibility index (Phi) is 72.3. The summed E-state index contributed by atoms with van der Waals surface area (Å²) in [5.74, 6) is -2.21. The fourth-order valence-corrected chi connectivity index (χ4v) is 12.3. The largest absolute Gasteiger partial charge is 0.472 e. The smallest absolute Gasteiger partial charge is 0.462 e. The molecule has 0 rings (SSSR count). The molecule has 0 heterocycles. The topological polar surface area (TPSA) is 237 Å². The molecule has 0 bridgehead atoms. The molecule has 0 radical (unpaired) electrons. The number of ether oxygens (including phenoxy) is 4. The molecule has 17 nitrogen and oxygen atoms in total. The molecule has 0 amide bonds. The van der Waals surface area contributed by atoms with E-state index in [1.807, 2.05) is 0 Å². The van der Waals surface area contributed by atoms with E-state index in [1.165, 1.54) is 77.0 Å². The van der Waals surface area contributed by atoms with Crippen molar-refractivity contribution in [1.82, 2.24) is 0 Å². The van der Waals surface area contributed by atoms with Gasteiger partial charge in [-0.2, -0.15) is 0 Å². The van der Waals surface area contributed by atoms with Crippen molar-refractivity contribution in [2.75, 3.05) is 39.6 Å². The molecule has 590 valence electrons. The number of rotatable bonds is 76. The maximum absolute atomic E-state index is 13.1. The lowest BCUT2D eigenvalue weighted by atomic mass is 10.1. The van der Waals surface area contributed by atoms with Gasteiger partial charge in [0, 0.05) is 25.7 Å². The summed E-state index contributed by atoms with van der Waals surface area (Å²) < 4.78 is 68.6. The molecule has 0 saturated heterocycles. The molecule has 3 N–H and O–H groups in total. The van der Waals surface area contributed by atoms with Crippen LogP contribution in [0.15, 0.2) is 97.2 Å². The van der Waals surface area contributed by atoms with Gasteiger partial charge in [-0.3, -0.25) is 37.3 Å². The van der Waals surface area contributed by atoms with E-state index in [4.69, 9.17) is 37.0 Å². The van der Waals surface area contributed by atoms with E-state index in [-0.39, 0.29) is 25.7 Å². The average Bonchev–Trinajstić information content (AvgIpc) is 0.920. The first-order valence-corrected chi connectivity index (χ1v) is 43.5. The Morgan fingerprint density at radius 1 is 0.275 bits per heavy atom. The van der Waals surface area contributed by atoms with Crippen LogP contribution in [0.3, 0.4) is 0 Å². The third-order valence-electron chi connectivity index (χ3n) is 17.0. The van der Waals surface area contributed by atoms with E-state index in [0.717, 1.165) is 193 Å². The summed E-state index contributed by atoms with van der Waals surface area (Å²) in [6.07, 6.45) is 79.5. The number of phosphoric acid groups is 2. The minimum Gasteiger partial charge on any atom is -0.462 e. The van der Waals surface area contributed by atoms with Gasteiger partial charge in [0.05, 0.1) is 26.4 Å². The van der Waals surface area contributed by atoms with Crippen LogP contribution in [0, 0.1) is 0 Å². The number of hydrogen-bond donors (Lipinski definition) is 3. The molecule has 0 aliphatic heterocycles. The van der Waals surface area contributed by atoms with Crippen molar-refractivity contribution < 1.29 is 80.2 Å². The van der Waals surface area contributed by atoms with Crippen LogP contribution in [0.4, 0.5) is 0 Å². The molecule has 0 aliphatic rings. The van der Waals surface area contributed by atoms with E-state index >= 15 is 0 Å². The number of aliphatic hydroxyl groups excluding tert-OH is 1. The summed E-state index contributed by atoms with van der Waals surface area (Å²) in [4.78, 5) is 73.0. The van der Waals surface area contributed by atoms with Crippen LogP contribution in [0.5, 0.6) is 0 Å². The number of hydrogen-bond acceptors (Lipinski definition) is 15. The van der Waals surface area contributed by atoms with Crippen LogP contribution in [0.1, 0.15) is 349 Å². The van der Waals surface area contributed by atoms with Gasteiger partial charge in [0.2, 0.25) is 0 Å². The number of aliphatic hydroxyl groups is 1. The Bertz CT molecular complexity index is 2310. The first-order valence-electron chi connectivity index (χ1n) is 40.5. The molecular formula is C83H146O17P2. The quantitative estimate of drug-likeness (QED) is 0.0169. The standard InChI is InChI=1S/C83H146O17P2/c1-5-9-13-17-21-25-29-32-34-36-38-40-42-45-49-52-56-60-64-68-81(86)94-74-79(100-83(88)70-66-62-58-54-50-46-43-41-39-37-35-33-30-26-22-18-14-10-6-2)76-98-102(91,92)96-72-77(84)71-95-101(89,90)97-75-78(99-82(87)69-65-61-57-53-47-28-24-20-16-12-8-4)73-93-80(85)67-63-59-55-51-48-44-31-27-23-19-15-11-7-3/h20-22,24-27,31-35,38-41,77-79,84H,5-19,23,28-30,36-37,42-76H2,1-4H3,(H,89,90)(H,91,92)/b24-20-,25-21-,26-22-,31-27-,34-32-,35-33-,40-38-,41-39-. The van der Waals surface area contributed by atoms with E-state index in [0.29, 0.717) is 25.7 Å². The van der Waals surface area contributed by atoms with Crippen LogP contribution >= 0.6 is 15.6 Å². The zero-order valence-electron chi connectivity index (χ0n) is 64.5. The second kappa shape index (κ2) is 75.2. The zero-order valence-corrected chi connectivity index (χ0v) is 66.3. The Hall–Kier alpha value is -4.02. The predicted octanol–water partition coefficient (Wildman–Crippen LogP) is 23.6. The van der Waals surface area contributed by atoms with Crippen LogP contribution in [0.25, 0.3) is 0 Å². The van der Waals surface area contributed by atoms with Gasteiger partial charge in [-0.25, -0.2) is 9.13 Å². The van der Waals surface area contributed by atoms with Crippen molar-refractivity contribution in [2.45, 2.75) is 367 Å². The molecule has 0 aromatic carbocycles. The van der Waals surface area contributed by atoms with Crippen molar-refractivity contribution in [3.63, 3.8) is 0 Å². The first kappa shape index (κ1) is 98.0. The lowest BCUT2D eigenvalue weighted by Crippen LogP contribution is -2.30. The monoisotopic (exact) mass is 1480 g/mol. The highest BCUT2D eigenvalue weighted by Gasteiger charge is 2.30. The van der Waals surface area contributed by atoms with Gasteiger partial charge in [0.1, 0.15) is 19.3 Å². The SMILES string of the molecule is CCCC/C=C\CCCCCCCC(=O)OC(COC(=O)CCCCCCC/C=C\CCCCCC)COP(=O)(O)OCC(O)COP(=O)(O)OCC(COC(=O)CCCCCCCC/C=C\C/C=C\C/C=C\CCCCC)OC(=O)CCCCCCCC/C=C\C/C=C\C/C=C\CCCCC. The van der Waals surface area contributed by atoms with E-state index in [1.54, 1.807) is 0 Å². The molecule has 5 atom stereocenters. The zero-order chi connectivity index (χ0) is 74.6. The highest BCUT2D eigenvalue weighted by Crippen LogP contribution is 2.45. The van der Waals surface area contributed by atoms with Crippen LogP contribution < -0.4 is 0 Å². The van der Waals surface area contributed by atoms with Gasteiger partial charge < -0.3 is 33.8 Å². The summed E-state index contributed by atoms with van der Waals surface area (Å²) in [6, 6.07) is 0.